The molecule has 6 aromatic rings. The molecule has 6 heterocycles. The highest BCUT2D eigenvalue weighted by atomic mass is 35.5. The third-order valence-electron chi connectivity index (χ3n) is 9.14. The van der Waals surface area contributed by atoms with Gasteiger partial charge in [0, 0.05) is 26.5 Å². The third kappa shape index (κ3) is 10.6. The number of carboxylic acids is 1. The summed E-state index contributed by atoms with van der Waals surface area (Å²) in [4.78, 5) is 59.0. The van der Waals surface area contributed by atoms with Gasteiger partial charge in [-0.2, -0.15) is 0 Å². The number of ether oxygens (including phenoxy) is 2. The number of nitrogens with one attached hydrogen (secondary N) is 1. The molecule has 3 amide bonds. The van der Waals surface area contributed by atoms with Crippen LogP contribution < -0.4 is 30.3 Å². The summed E-state index contributed by atoms with van der Waals surface area (Å²) < 4.78 is 14.5. The van der Waals surface area contributed by atoms with Crippen molar-refractivity contribution in [2.24, 2.45) is 5.73 Å². The fraction of sp³-hybridized carbons (Fsp3) is 0.250. The van der Waals surface area contributed by atoms with Crippen LogP contribution in [0.3, 0.4) is 0 Å². The van der Waals surface area contributed by atoms with Crippen LogP contribution in [0.5, 0.6) is 11.5 Å². The number of pyridine rings is 2. The Morgan fingerprint density at radius 2 is 1.17 bits per heavy atom. The van der Waals surface area contributed by atoms with E-state index in [9.17, 15) is 19.2 Å². The molecule has 0 bridgehead atoms. The molecular formula is C40H43ClN12O7. The molecule has 4 N–H and O–H groups in total. The van der Waals surface area contributed by atoms with Crippen LogP contribution in [0, 0.1) is 0 Å². The highest BCUT2D eigenvalue weighted by Crippen LogP contribution is 2.30. The number of nitrogens with zero attached hydrogens (tertiary/aromatic N) is 10. The van der Waals surface area contributed by atoms with Crippen molar-refractivity contribution < 1.29 is 33.8 Å². The van der Waals surface area contributed by atoms with E-state index in [0.29, 0.717) is 36.2 Å². The summed E-state index contributed by atoms with van der Waals surface area (Å²) in [5, 5.41) is 26.5. The van der Waals surface area contributed by atoms with Crippen molar-refractivity contribution in [3.05, 3.63) is 132 Å². The van der Waals surface area contributed by atoms with Crippen molar-refractivity contribution in [3.63, 3.8) is 0 Å². The summed E-state index contributed by atoms with van der Waals surface area (Å²) in [6.45, 7) is 4.53. The van der Waals surface area contributed by atoms with Gasteiger partial charge in [0.05, 0.1) is 25.5 Å². The van der Waals surface area contributed by atoms with Gasteiger partial charge in [0.25, 0.3) is 11.8 Å². The molecule has 0 radical (unpaired) electrons. The monoisotopic (exact) mass is 838 g/mol. The molecule has 2 aromatic carbocycles. The molecule has 4 aromatic heterocycles. The van der Waals surface area contributed by atoms with Crippen molar-refractivity contribution in [3.8, 4) is 11.5 Å². The van der Waals surface area contributed by atoms with Gasteiger partial charge in [0.2, 0.25) is 5.91 Å². The predicted molar refractivity (Wildman–Crippen MR) is 220 cm³/mol. The average Bonchev–Trinajstić information content (AvgIpc) is 3.90. The highest BCUT2D eigenvalue weighted by molar-refractivity contribution is 6.02. The second-order valence-electron chi connectivity index (χ2n) is 13.4. The minimum absolute atomic E-state index is 0. The van der Waals surface area contributed by atoms with E-state index in [4.69, 9.17) is 20.3 Å². The first-order valence-corrected chi connectivity index (χ1v) is 18.4. The van der Waals surface area contributed by atoms with Gasteiger partial charge in [-0.1, -0.05) is 71.1 Å². The maximum absolute atomic E-state index is 12.9. The summed E-state index contributed by atoms with van der Waals surface area (Å²) in [5.74, 6) is -0.0490. The van der Waals surface area contributed by atoms with Gasteiger partial charge < -0.3 is 25.6 Å². The molecule has 19 nitrogen and oxygen atoms in total. The van der Waals surface area contributed by atoms with E-state index in [1.807, 2.05) is 60.7 Å². The van der Waals surface area contributed by atoms with Crippen LogP contribution in [0.4, 0.5) is 11.6 Å². The predicted octanol–water partition coefficient (Wildman–Crippen LogP) is 2.86. The molecule has 0 fully saturated rings. The van der Waals surface area contributed by atoms with Crippen LogP contribution in [0.25, 0.3) is 0 Å². The minimum atomic E-state index is -1.06. The molecule has 4 atom stereocenters. The van der Waals surface area contributed by atoms with Gasteiger partial charge in [-0.25, -0.2) is 24.1 Å². The fourth-order valence-corrected chi connectivity index (χ4v) is 5.93. The molecule has 0 saturated heterocycles. The Bertz CT molecular complexity index is 2400. The molecule has 0 aliphatic carbocycles. The zero-order chi connectivity index (χ0) is 42.1. The molecule has 60 heavy (non-hydrogen) atoms. The lowest BCUT2D eigenvalue weighted by Gasteiger charge is -2.23. The van der Waals surface area contributed by atoms with Gasteiger partial charge in [-0.05, 0) is 49.2 Å². The van der Waals surface area contributed by atoms with Crippen LogP contribution in [-0.4, -0.2) is 107 Å². The number of carboxylic acid groups (broad SMARTS) is 1. The number of nitrogens with two attached hydrogens (primary N) is 1. The number of anilines is 2. The zero-order valence-corrected chi connectivity index (χ0v) is 33.8. The smallest absolute Gasteiger partial charge is 0.358 e. The Balaban J connectivity index is 0.000000186. The normalized spacial score (nSPS) is 17.9. The maximum atomic E-state index is 12.9. The number of amides is 3. The van der Waals surface area contributed by atoms with Gasteiger partial charge in [-0.15, -0.1) is 22.6 Å². The largest absolute Gasteiger partial charge is 0.485 e. The van der Waals surface area contributed by atoms with Crippen LogP contribution in [0.2, 0.25) is 0 Å². The first-order chi connectivity index (χ1) is 28.4. The van der Waals surface area contributed by atoms with Crippen LogP contribution >= 0.6 is 12.4 Å². The van der Waals surface area contributed by atoms with Crippen molar-refractivity contribution in [1.29, 1.82) is 0 Å². The van der Waals surface area contributed by atoms with E-state index < -0.39 is 30.1 Å². The lowest BCUT2D eigenvalue weighted by Crippen LogP contribution is -2.53. The third-order valence-corrected chi connectivity index (χ3v) is 9.14. The lowest BCUT2D eigenvalue weighted by molar-refractivity contribution is -0.122. The van der Waals surface area contributed by atoms with Gasteiger partial charge in [-0.3, -0.25) is 24.2 Å². The number of hydrogen-bond acceptors (Lipinski definition) is 13. The standard InChI is InChI=1S/C20H20N6O3.C10H13N3O2.C10H9N3O2.ClH/c1-13-17(20(28)25(2)18-16(29-13)9-6-10-21-18)22-19(27)15-12-26(24-23-15)11-14-7-4-3-5-8-14;1-6-8(11)10(14)13(2)9-7(15-6)4-3-5-12-9;14-10(15)9-7-13(12-11-9)6-8-4-2-1-3-5-8;/h3-10,12-13,17H,11H2,1-2H3,(H,22,27);3-6,8H,11H2,1-2H3;1-5,7H,6H2,(H,14,15);1H/t13-,17+;6-,8+;;/m11../s1. The van der Waals surface area contributed by atoms with Gasteiger partial charge >= 0.3 is 5.97 Å². The molecule has 2 aliphatic heterocycles. The number of aromatic carboxylic acids is 1. The van der Waals surface area contributed by atoms with Crippen LogP contribution in [0.1, 0.15) is 46.0 Å². The number of carbonyl (C=O) groups is 4. The molecule has 20 heteroatoms. The van der Waals surface area contributed by atoms with E-state index in [2.05, 4.69) is 35.9 Å². The summed E-state index contributed by atoms with van der Waals surface area (Å²) in [7, 11) is 3.25. The average molecular weight is 839 g/mol. The number of fused-ring (bicyclic) bond motifs is 2. The van der Waals surface area contributed by atoms with Gasteiger partial charge in [0.1, 0.15) is 24.3 Å². The summed E-state index contributed by atoms with van der Waals surface area (Å²) in [6, 6.07) is 24.9. The molecule has 0 saturated carbocycles. The Morgan fingerprint density at radius 1 is 0.700 bits per heavy atom. The van der Waals surface area contributed by atoms with E-state index in [0.717, 1.165) is 11.1 Å². The molecule has 8 rings (SSSR count). The topological polar surface area (TPSA) is 239 Å². The second-order valence-corrected chi connectivity index (χ2v) is 13.4. The first-order valence-electron chi connectivity index (χ1n) is 18.4. The van der Waals surface area contributed by atoms with Crippen molar-refractivity contribution in [2.75, 3.05) is 23.9 Å². The number of aromatic nitrogens is 8. The Kier molecular flexibility index (Phi) is 14.6. The highest BCUT2D eigenvalue weighted by Gasteiger charge is 2.37. The zero-order valence-electron chi connectivity index (χ0n) is 33.0. The Morgan fingerprint density at radius 3 is 1.67 bits per heavy atom. The van der Waals surface area contributed by atoms with Crippen molar-refractivity contribution in [1.82, 2.24) is 45.3 Å². The Labute approximate surface area is 350 Å². The molecule has 312 valence electrons. The number of carbonyl (C=O) groups excluding carboxylic acids is 3. The number of benzene rings is 2. The lowest BCUT2D eigenvalue weighted by atomic mass is 10.1. The van der Waals surface area contributed by atoms with Crippen molar-refractivity contribution >= 4 is 47.7 Å². The van der Waals surface area contributed by atoms with E-state index in [1.165, 1.54) is 20.7 Å². The first kappa shape index (κ1) is 43.9. The molecular weight excluding hydrogens is 796 g/mol. The minimum Gasteiger partial charge on any atom is -0.485 e. The number of halogens is 1. The quantitative estimate of drug-likeness (QED) is 0.210. The van der Waals surface area contributed by atoms with Crippen LogP contribution in [-0.2, 0) is 22.7 Å². The van der Waals surface area contributed by atoms with E-state index in [-0.39, 0.29) is 41.7 Å². The summed E-state index contributed by atoms with van der Waals surface area (Å²) >= 11 is 0. The molecule has 2 aliphatic rings. The second kappa shape index (κ2) is 19.9. The number of likely N-dealkylation sites (N-methyl/N-ethyl adjacent to an activating group) is 2. The van der Waals surface area contributed by atoms with Crippen molar-refractivity contribution in [2.45, 2.75) is 51.2 Å². The summed E-state index contributed by atoms with van der Waals surface area (Å²) in [6.07, 6.45) is 5.24. The van der Waals surface area contributed by atoms with Crippen LogP contribution in [0.15, 0.2) is 110 Å². The van der Waals surface area contributed by atoms with E-state index in [1.54, 1.807) is 75.5 Å². The maximum Gasteiger partial charge on any atom is 0.358 e. The summed E-state index contributed by atoms with van der Waals surface area (Å²) in [5.41, 5.74) is 7.93. The Hall–Kier alpha value is -7.25. The fourth-order valence-electron chi connectivity index (χ4n) is 5.93. The SMILES string of the molecule is C[C@H]1Oc2cccnc2N(C)C(=O)[C@H]1N.C[C@H]1Oc2cccnc2N(C)C(=O)[C@H]1NC(=O)c1cn(Cc2ccccc2)nn1.Cl.O=C(O)c1cn(Cc2ccccc2)nn1. The molecule has 0 spiro atoms. The van der Waals surface area contributed by atoms with E-state index >= 15 is 0 Å². The number of rotatable bonds is 7. The van der Waals surface area contributed by atoms with Gasteiger partial charge in [0.15, 0.2) is 34.5 Å². The number of hydrogen-bond donors (Lipinski definition) is 3. The molecule has 0 unspecified atom stereocenters.